The van der Waals surface area contributed by atoms with Crippen molar-refractivity contribution in [2.24, 2.45) is 5.73 Å². The largest absolute Gasteiger partial charge is 0.459 e. The molecule has 0 fully saturated rings. The number of carbonyl (C=O) groups excluding carboxylic acids is 3. The van der Waals surface area contributed by atoms with Crippen LogP contribution in [0.4, 0.5) is 10.5 Å². The number of alkyl carbamates (subject to hydrolysis) is 1. The molecule has 0 aliphatic heterocycles. The molecule has 0 unspecified atom stereocenters. The van der Waals surface area contributed by atoms with Crippen LogP contribution in [0.3, 0.4) is 0 Å². The lowest BCUT2D eigenvalue weighted by Crippen LogP contribution is -2.44. The van der Waals surface area contributed by atoms with Crippen molar-refractivity contribution in [2.45, 2.75) is 25.7 Å². The number of nitrogens with two attached hydrogens (primary N) is 1. The topological polar surface area (TPSA) is 151 Å². The number of hydrogen-bond acceptors (Lipinski definition) is 7. The second-order valence-electron chi connectivity index (χ2n) is 5.96. The highest BCUT2D eigenvalue weighted by atomic mass is 16.6. The number of ether oxygens (including phenoxy) is 2. The second-order valence-corrected chi connectivity index (χ2v) is 5.96. The van der Waals surface area contributed by atoms with Gasteiger partial charge in [0.2, 0.25) is 5.91 Å². The molecule has 0 saturated heterocycles. The Kier molecular flexibility index (Phi) is 7.66. The third-order valence-corrected chi connectivity index (χ3v) is 3.72. The lowest BCUT2D eigenvalue weighted by Gasteiger charge is -2.16. The number of nitro groups is 1. The molecule has 2 amide bonds. The molecule has 2 aromatic carbocycles. The van der Waals surface area contributed by atoms with Crippen LogP contribution in [0.5, 0.6) is 0 Å². The summed E-state index contributed by atoms with van der Waals surface area (Å²) in [5.41, 5.74) is 6.26. The van der Waals surface area contributed by atoms with Crippen LogP contribution in [0.25, 0.3) is 0 Å². The Morgan fingerprint density at radius 3 is 2.14 bits per heavy atom. The highest BCUT2D eigenvalue weighted by molar-refractivity contribution is 5.87. The molecular weight excluding hydrogens is 382 g/mol. The highest BCUT2D eigenvalue weighted by Crippen LogP contribution is 2.13. The Morgan fingerprint density at radius 2 is 1.55 bits per heavy atom. The standard InChI is InChI=1S/C19H19N3O7/c20-17(23)10-16(21-19(25)29-12-13-4-2-1-3-5-13)18(24)28-11-14-6-8-15(9-7-14)22(26)27/h1-9,16H,10-12H2,(H2,20,23)(H,21,25)/t16-/m0/s1. The van der Waals surface area contributed by atoms with E-state index in [4.69, 9.17) is 15.2 Å². The van der Waals surface area contributed by atoms with Crippen LogP contribution in [-0.2, 0) is 32.3 Å². The summed E-state index contributed by atoms with van der Waals surface area (Å²) < 4.78 is 10.1. The van der Waals surface area contributed by atoms with Gasteiger partial charge in [0.1, 0.15) is 19.3 Å². The van der Waals surface area contributed by atoms with Gasteiger partial charge in [0.15, 0.2) is 0 Å². The average Bonchev–Trinajstić information content (AvgIpc) is 2.70. The van der Waals surface area contributed by atoms with Crippen molar-refractivity contribution < 1.29 is 28.8 Å². The predicted molar refractivity (Wildman–Crippen MR) is 100 cm³/mol. The van der Waals surface area contributed by atoms with Crippen LogP contribution in [0.15, 0.2) is 54.6 Å². The summed E-state index contributed by atoms with van der Waals surface area (Å²) in [6.45, 7) is -0.222. The highest BCUT2D eigenvalue weighted by Gasteiger charge is 2.25. The number of primary amides is 1. The summed E-state index contributed by atoms with van der Waals surface area (Å²) in [4.78, 5) is 45.5. The first-order valence-corrected chi connectivity index (χ1v) is 8.50. The molecule has 0 spiro atoms. The Morgan fingerprint density at radius 1 is 0.966 bits per heavy atom. The summed E-state index contributed by atoms with van der Waals surface area (Å²) in [6.07, 6.45) is -1.38. The maximum absolute atomic E-state index is 12.2. The van der Waals surface area contributed by atoms with Gasteiger partial charge in [-0.25, -0.2) is 9.59 Å². The number of non-ortho nitro benzene ring substituents is 1. The number of esters is 1. The Bertz CT molecular complexity index is 869. The minimum Gasteiger partial charge on any atom is -0.459 e. The minimum absolute atomic E-state index is 0.0200. The van der Waals surface area contributed by atoms with E-state index in [1.165, 1.54) is 24.3 Å². The van der Waals surface area contributed by atoms with Crippen LogP contribution in [0.1, 0.15) is 17.5 Å². The van der Waals surface area contributed by atoms with Crippen molar-refractivity contribution in [2.75, 3.05) is 0 Å². The molecule has 2 rings (SSSR count). The van der Waals surface area contributed by atoms with Crippen LogP contribution < -0.4 is 11.1 Å². The van der Waals surface area contributed by atoms with Gasteiger partial charge in [-0.1, -0.05) is 30.3 Å². The number of nitrogens with zero attached hydrogens (tertiary/aromatic N) is 1. The van der Waals surface area contributed by atoms with Gasteiger partial charge in [-0.3, -0.25) is 14.9 Å². The number of nitrogens with one attached hydrogen (secondary N) is 1. The SMILES string of the molecule is NC(=O)C[C@H](NC(=O)OCc1ccccc1)C(=O)OCc1ccc([N+](=O)[O-])cc1. The molecular formula is C19H19N3O7. The van der Waals surface area contributed by atoms with Gasteiger partial charge in [-0.15, -0.1) is 0 Å². The zero-order valence-electron chi connectivity index (χ0n) is 15.3. The summed E-state index contributed by atoms with van der Waals surface area (Å²) in [6, 6.07) is 12.9. The van der Waals surface area contributed by atoms with Gasteiger partial charge in [0, 0.05) is 12.1 Å². The molecule has 0 radical (unpaired) electrons. The van der Waals surface area contributed by atoms with Crippen molar-refractivity contribution >= 4 is 23.7 Å². The molecule has 0 heterocycles. The predicted octanol–water partition coefficient (Wildman–Crippen LogP) is 1.81. The number of carbonyl (C=O) groups is 3. The molecule has 10 heteroatoms. The van der Waals surface area contributed by atoms with Crippen molar-refractivity contribution in [3.8, 4) is 0 Å². The smallest absolute Gasteiger partial charge is 0.408 e. The van der Waals surface area contributed by atoms with Crippen molar-refractivity contribution in [1.29, 1.82) is 0 Å². The fraction of sp³-hybridized carbons (Fsp3) is 0.211. The molecule has 29 heavy (non-hydrogen) atoms. The number of nitro benzene ring substituents is 1. The van der Waals surface area contributed by atoms with E-state index in [2.05, 4.69) is 5.32 Å². The Labute approximate surface area is 165 Å². The molecule has 1 atom stereocenters. The first kappa shape index (κ1) is 21.4. The summed E-state index contributed by atoms with van der Waals surface area (Å²) in [7, 11) is 0. The van der Waals surface area contributed by atoms with Crippen LogP contribution in [-0.4, -0.2) is 28.9 Å². The molecule has 152 valence electrons. The zero-order chi connectivity index (χ0) is 21.2. The second kappa shape index (κ2) is 10.4. The summed E-state index contributed by atoms with van der Waals surface area (Å²) in [5, 5.41) is 12.9. The lowest BCUT2D eigenvalue weighted by molar-refractivity contribution is -0.384. The quantitative estimate of drug-likeness (QED) is 0.369. The third kappa shape index (κ3) is 7.29. The maximum Gasteiger partial charge on any atom is 0.408 e. The molecule has 2 aromatic rings. The Hall–Kier alpha value is -3.95. The van der Waals surface area contributed by atoms with Gasteiger partial charge in [0.05, 0.1) is 11.3 Å². The third-order valence-electron chi connectivity index (χ3n) is 3.72. The van der Waals surface area contributed by atoms with Crippen molar-refractivity contribution in [3.05, 3.63) is 75.8 Å². The fourth-order valence-corrected chi connectivity index (χ4v) is 2.27. The maximum atomic E-state index is 12.2. The first-order valence-electron chi connectivity index (χ1n) is 8.50. The molecule has 3 N–H and O–H groups in total. The van der Waals surface area contributed by atoms with E-state index in [0.717, 1.165) is 5.56 Å². The van der Waals surface area contributed by atoms with E-state index in [1.54, 1.807) is 24.3 Å². The van der Waals surface area contributed by atoms with E-state index in [1.807, 2.05) is 6.07 Å². The van der Waals surface area contributed by atoms with E-state index in [0.29, 0.717) is 5.56 Å². The molecule has 0 bridgehead atoms. The van der Waals surface area contributed by atoms with Crippen LogP contribution in [0.2, 0.25) is 0 Å². The number of amides is 2. The molecule has 0 saturated carbocycles. The summed E-state index contributed by atoms with van der Waals surface area (Å²) in [5.74, 6) is -1.70. The van der Waals surface area contributed by atoms with E-state index >= 15 is 0 Å². The number of benzene rings is 2. The molecule has 0 aromatic heterocycles. The molecule has 0 aliphatic rings. The number of rotatable bonds is 9. The normalized spacial score (nSPS) is 11.2. The van der Waals surface area contributed by atoms with Gasteiger partial charge >= 0.3 is 12.1 Å². The monoisotopic (exact) mass is 401 g/mol. The van der Waals surface area contributed by atoms with E-state index in [9.17, 15) is 24.5 Å². The Balaban J connectivity index is 1.90. The van der Waals surface area contributed by atoms with E-state index < -0.39 is 35.4 Å². The van der Waals surface area contributed by atoms with Crippen molar-refractivity contribution in [1.82, 2.24) is 5.32 Å². The average molecular weight is 401 g/mol. The van der Waals surface area contributed by atoms with Gasteiger partial charge in [-0.2, -0.15) is 0 Å². The van der Waals surface area contributed by atoms with Crippen molar-refractivity contribution in [3.63, 3.8) is 0 Å². The zero-order valence-corrected chi connectivity index (χ0v) is 15.3. The van der Waals surface area contributed by atoms with Gasteiger partial charge < -0.3 is 20.5 Å². The van der Waals surface area contributed by atoms with Gasteiger partial charge in [-0.05, 0) is 23.3 Å². The molecule has 0 aliphatic carbocycles. The van der Waals surface area contributed by atoms with E-state index in [-0.39, 0.29) is 18.9 Å². The minimum atomic E-state index is -1.33. The summed E-state index contributed by atoms with van der Waals surface area (Å²) >= 11 is 0. The fourth-order valence-electron chi connectivity index (χ4n) is 2.27. The molecule has 10 nitrogen and oxygen atoms in total. The van der Waals surface area contributed by atoms with Crippen LogP contribution >= 0.6 is 0 Å². The first-order chi connectivity index (χ1) is 13.8. The van der Waals surface area contributed by atoms with Crippen LogP contribution in [0, 0.1) is 10.1 Å². The lowest BCUT2D eigenvalue weighted by atomic mass is 10.2. The van der Waals surface area contributed by atoms with Gasteiger partial charge in [0.25, 0.3) is 5.69 Å². The number of hydrogen-bond donors (Lipinski definition) is 2.